The number of aryl methyl sites for hydroxylation is 1. The summed E-state index contributed by atoms with van der Waals surface area (Å²) in [4.78, 5) is 23.7. The van der Waals surface area contributed by atoms with Crippen molar-refractivity contribution in [3.05, 3.63) is 36.0 Å². The molecule has 2 aromatic rings. The number of nitrogens with two attached hydrogens (primary N) is 1. The number of hydrogen-bond acceptors (Lipinski definition) is 7. The van der Waals surface area contributed by atoms with Gasteiger partial charge in [0.05, 0.1) is 30.3 Å². The lowest BCUT2D eigenvalue weighted by atomic mass is 10.1. The first-order valence-electron chi connectivity index (χ1n) is 11.4. The summed E-state index contributed by atoms with van der Waals surface area (Å²) in [6, 6.07) is 4.33. The predicted molar refractivity (Wildman–Crippen MR) is 134 cm³/mol. The van der Waals surface area contributed by atoms with Crippen LogP contribution in [0.2, 0.25) is 0 Å². The Morgan fingerprint density at radius 3 is 2.44 bits per heavy atom. The van der Waals surface area contributed by atoms with Crippen LogP contribution in [0.5, 0.6) is 11.5 Å². The maximum atomic E-state index is 9.55. The van der Waals surface area contributed by atoms with Crippen molar-refractivity contribution in [3.8, 4) is 11.5 Å². The number of unbranched alkanes of at least 4 members (excludes halogenated alkanes) is 2. The summed E-state index contributed by atoms with van der Waals surface area (Å²) in [6.45, 7) is 7.84. The number of rotatable bonds is 13. The minimum Gasteiger partial charge on any atom is -0.493 e. The van der Waals surface area contributed by atoms with E-state index < -0.39 is 11.9 Å². The molecule has 0 fully saturated rings. The van der Waals surface area contributed by atoms with Crippen molar-refractivity contribution < 1.29 is 29.3 Å². The fourth-order valence-electron chi connectivity index (χ4n) is 3.27. The molecule has 0 bridgehead atoms. The number of anilines is 1. The third-order valence-corrected chi connectivity index (χ3v) is 4.97. The molecule has 9 nitrogen and oxygen atoms in total. The summed E-state index contributed by atoms with van der Waals surface area (Å²) < 4.78 is 11.8. The number of aliphatic carboxylic acids is 2. The molecule has 0 saturated carbocycles. The van der Waals surface area contributed by atoms with E-state index in [-0.39, 0.29) is 0 Å². The van der Waals surface area contributed by atoms with E-state index in [2.05, 4.69) is 31.1 Å². The van der Waals surface area contributed by atoms with E-state index in [0.29, 0.717) is 31.3 Å². The average Bonchev–Trinajstić information content (AvgIpc) is 2.80. The average molecular weight is 476 g/mol. The largest absolute Gasteiger partial charge is 0.493 e. The molecular formula is C25H37N3O6. The van der Waals surface area contributed by atoms with Crippen LogP contribution in [-0.4, -0.2) is 53.4 Å². The zero-order chi connectivity index (χ0) is 25.5. The van der Waals surface area contributed by atoms with Crippen LogP contribution >= 0.6 is 0 Å². The molecule has 188 valence electrons. The molecule has 5 N–H and O–H groups in total. The monoisotopic (exact) mass is 475 g/mol. The van der Waals surface area contributed by atoms with Crippen LogP contribution in [0.3, 0.4) is 0 Å². The zero-order valence-corrected chi connectivity index (χ0v) is 20.5. The molecule has 1 aromatic heterocycles. The number of carboxylic acid groups (broad SMARTS) is 2. The van der Waals surface area contributed by atoms with Gasteiger partial charge in [0.25, 0.3) is 0 Å². The summed E-state index contributed by atoms with van der Waals surface area (Å²) in [5.74, 6) is -0.970. The van der Waals surface area contributed by atoms with Crippen molar-refractivity contribution in [2.75, 3.05) is 25.6 Å². The Bertz CT molecular complexity index is 945. The Morgan fingerprint density at radius 1 is 1.21 bits per heavy atom. The Kier molecular flexibility index (Phi) is 13.1. The first-order chi connectivity index (χ1) is 16.2. The molecule has 34 heavy (non-hydrogen) atoms. The molecule has 0 saturated heterocycles. The number of methoxy groups -OCH3 is 1. The molecule has 1 atom stereocenters. The van der Waals surface area contributed by atoms with Gasteiger partial charge in [-0.3, -0.25) is 4.98 Å². The lowest BCUT2D eigenvalue weighted by Gasteiger charge is -2.20. The zero-order valence-electron chi connectivity index (χ0n) is 20.5. The number of fused-ring (bicyclic) bond motifs is 1. The Morgan fingerprint density at radius 2 is 1.88 bits per heavy atom. The van der Waals surface area contributed by atoms with Crippen LogP contribution < -0.4 is 20.5 Å². The van der Waals surface area contributed by atoms with Crippen molar-refractivity contribution in [3.63, 3.8) is 0 Å². The number of aromatic nitrogens is 1. The second-order valence-corrected chi connectivity index (χ2v) is 7.85. The van der Waals surface area contributed by atoms with Crippen molar-refractivity contribution in [1.82, 2.24) is 4.98 Å². The molecule has 1 heterocycles. The topological polar surface area (TPSA) is 144 Å². The molecule has 0 aliphatic rings. The van der Waals surface area contributed by atoms with E-state index in [1.54, 1.807) is 7.11 Å². The number of carbonyl (C=O) groups is 2. The number of nitrogens with one attached hydrogen (secondary N) is 1. The van der Waals surface area contributed by atoms with Crippen LogP contribution in [0.25, 0.3) is 10.9 Å². The van der Waals surface area contributed by atoms with Crippen molar-refractivity contribution in [1.29, 1.82) is 0 Å². The highest BCUT2D eigenvalue weighted by molar-refractivity contribution is 5.99. The highest BCUT2D eigenvalue weighted by Crippen LogP contribution is 2.41. The van der Waals surface area contributed by atoms with Crippen molar-refractivity contribution in [2.45, 2.75) is 58.9 Å². The summed E-state index contributed by atoms with van der Waals surface area (Å²) in [5, 5.41) is 20.2. The molecule has 0 amide bonds. The van der Waals surface area contributed by atoms with E-state index in [1.165, 1.54) is 6.42 Å². The Balaban J connectivity index is 0.000000620. The third kappa shape index (κ3) is 9.66. The van der Waals surface area contributed by atoms with Gasteiger partial charge < -0.3 is 30.7 Å². The van der Waals surface area contributed by atoms with Gasteiger partial charge in [-0.1, -0.05) is 19.8 Å². The quantitative estimate of drug-likeness (QED) is 0.245. The van der Waals surface area contributed by atoms with Gasteiger partial charge in [-0.2, -0.15) is 0 Å². The summed E-state index contributed by atoms with van der Waals surface area (Å²) >= 11 is 0. The lowest BCUT2D eigenvalue weighted by molar-refractivity contribution is -0.134. The van der Waals surface area contributed by atoms with Crippen LogP contribution in [0.15, 0.2) is 30.5 Å². The second kappa shape index (κ2) is 15.5. The fourth-order valence-corrected chi connectivity index (χ4v) is 3.27. The fraction of sp³-hybridized carbons (Fsp3) is 0.480. The second-order valence-electron chi connectivity index (χ2n) is 7.85. The van der Waals surface area contributed by atoms with E-state index in [1.807, 2.05) is 18.3 Å². The SMILES string of the molecule is CCCCCOc1c(OC)cc(NC(C)CCCN)c2nccc(C)c12.O=C(O)C=CC(=O)O. The van der Waals surface area contributed by atoms with Gasteiger partial charge in [0.2, 0.25) is 0 Å². The molecule has 0 spiro atoms. The van der Waals surface area contributed by atoms with E-state index in [4.69, 9.17) is 25.4 Å². The number of hydrogen-bond donors (Lipinski definition) is 4. The molecule has 9 heteroatoms. The summed E-state index contributed by atoms with van der Waals surface area (Å²) in [5.41, 5.74) is 8.68. The minimum absolute atomic E-state index is 0.310. The highest BCUT2D eigenvalue weighted by atomic mass is 16.5. The third-order valence-electron chi connectivity index (χ3n) is 4.97. The van der Waals surface area contributed by atoms with E-state index in [0.717, 1.165) is 59.3 Å². The summed E-state index contributed by atoms with van der Waals surface area (Å²) in [7, 11) is 1.69. The predicted octanol–water partition coefficient (Wildman–Crippen LogP) is 4.37. The molecular weight excluding hydrogens is 438 g/mol. The van der Waals surface area contributed by atoms with Crippen LogP contribution in [0.1, 0.15) is 51.5 Å². The van der Waals surface area contributed by atoms with Crippen LogP contribution in [0, 0.1) is 6.92 Å². The Labute approximate surface area is 201 Å². The maximum absolute atomic E-state index is 9.55. The van der Waals surface area contributed by atoms with Gasteiger partial charge in [0.1, 0.15) is 0 Å². The number of carboxylic acids is 2. The number of benzene rings is 1. The van der Waals surface area contributed by atoms with Crippen molar-refractivity contribution in [2.24, 2.45) is 5.73 Å². The van der Waals surface area contributed by atoms with Crippen LogP contribution in [-0.2, 0) is 9.59 Å². The molecule has 0 radical (unpaired) electrons. The Hall–Kier alpha value is -3.33. The van der Waals surface area contributed by atoms with Crippen molar-refractivity contribution >= 4 is 28.5 Å². The van der Waals surface area contributed by atoms with Gasteiger partial charge in [0.15, 0.2) is 11.5 Å². The molecule has 0 aliphatic carbocycles. The standard InChI is InChI=1S/C21H33N3O2.C4H4O4/c1-5-6-7-13-26-21-18(25-4)14-17(24-16(3)9-8-11-22)20-19(21)15(2)10-12-23-20;5-3(6)1-2-4(7)8/h10,12,14,16,24H,5-9,11,13,22H2,1-4H3;1-2H,(H,5,6)(H,7,8). The molecule has 0 aliphatic heterocycles. The maximum Gasteiger partial charge on any atom is 0.328 e. The smallest absolute Gasteiger partial charge is 0.328 e. The molecule has 1 unspecified atom stereocenters. The van der Waals surface area contributed by atoms with Gasteiger partial charge >= 0.3 is 11.9 Å². The first-order valence-corrected chi connectivity index (χ1v) is 11.4. The first kappa shape index (κ1) is 28.7. The molecule has 2 rings (SSSR count). The van der Waals surface area contributed by atoms with Gasteiger partial charge in [0, 0.05) is 30.5 Å². The highest BCUT2D eigenvalue weighted by Gasteiger charge is 2.18. The molecule has 1 aromatic carbocycles. The van der Waals surface area contributed by atoms with Gasteiger partial charge in [-0.25, -0.2) is 9.59 Å². The lowest BCUT2D eigenvalue weighted by Crippen LogP contribution is -2.17. The van der Waals surface area contributed by atoms with Gasteiger partial charge in [-0.05, 0) is 51.3 Å². The number of nitrogens with zero attached hydrogens (tertiary/aromatic N) is 1. The number of pyridine rings is 1. The van der Waals surface area contributed by atoms with Gasteiger partial charge in [-0.15, -0.1) is 0 Å². The van der Waals surface area contributed by atoms with E-state index >= 15 is 0 Å². The van der Waals surface area contributed by atoms with E-state index in [9.17, 15) is 9.59 Å². The number of ether oxygens (including phenoxy) is 2. The van der Waals surface area contributed by atoms with Crippen LogP contribution in [0.4, 0.5) is 5.69 Å². The summed E-state index contributed by atoms with van der Waals surface area (Å²) in [6.07, 6.45) is 8.35. The normalized spacial score (nSPS) is 11.6. The minimum atomic E-state index is -1.26.